The first-order valence-corrected chi connectivity index (χ1v) is 11.9. The van der Waals surface area contributed by atoms with E-state index in [1.54, 1.807) is 24.5 Å². The molecule has 168 valence electrons. The predicted molar refractivity (Wildman–Crippen MR) is 115 cm³/mol. The molecule has 0 radical (unpaired) electrons. The van der Waals surface area contributed by atoms with E-state index in [-0.39, 0.29) is 30.0 Å². The van der Waals surface area contributed by atoms with Crippen molar-refractivity contribution in [3.05, 3.63) is 101 Å². The average molecular weight is 462 g/mol. The Morgan fingerprint density at radius 1 is 0.938 bits per heavy atom. The maximum Gasteiger partial charge on any atom is 0.211 e. The van der Waals surface area contributed by atoms with Crippen molar-refractivity contribution in [3.8, 4) is 0 Å². The van der Waals surface area contributed by atoms with E-state index in [0.29, 0.717) is 13.1 Å². The van der Waals surface area contributed by atoms with E-state index < -0.39 is 21.7 Å². The summed E-state index contributed by atoms with van der Waals surface area (Å²) in [6.07, 6.45) is 4.43. The fourth-order valence-electron chi connectivity index (χ4n) is 4.09. The molecule has 0 spiro atoms. The summed E-state index contributed by atoms with van der Waals surface area (Å²) in [5.41, 5.74) is 2.06. The maximum atomic E-state index is 13.6. The van der Waals surface area contributed by atoms with Gasteiger partial charge in [-0.2, -0.15) is 4.31 Å². The van der Waals surface area contributed by atoms with Gasteiger partial charge in [-0.05, 0) is 53.1 Å². The van der Waals surface area contributed by atoms with Gasteiger partial charge in [0.25, 0.3) is 0 Å². The predicted octanol–water partition coefficient (Wildman–Crippen LogP) is 3.73. The molecule has 4 rings (SSSR count). The van der Waals surface area contributed by atoms with E-state index in [1.807, 2.05) is 12.1 Å². The van der Waals surface area contributed by atoms with Crippen LogP contribution in [-0.4, -0.2) is 48.0 Å². The molecule has 0 aliphatic carbocycles. The van der Waals surface area contributed by atoms with Crippen LogP contribution in [0.2, 0.25) is 0 Å². The molecule has 1 aliphatic rings. The molecule has 1 aliphatic heterocycles. The molecule has 0 saturated carbocycles. The van der Waals surface area contributed by atoms with E-state index in [0.717, 1.165) is 35.6 Å². The molecule has 1 saturated heterocycles. The van der Waals surface area contributed by atoms with Gasteiger partial charge in [-0.15, -0.1) is 0 Å². The van der Waals surface area contributed by atoms with Gasteiger partial charge in [0.15, 0.2) is 0 Å². The smallest absolute Gasteiger partial charge is 0.211 e. The Hall–Kier alpha value is -2.75. The SMILES string of the molecule is CS(=O)(=O)N(Cc1cc(F)cc(F)c1)C1CN(C(c2ccncc2)c2ccc(F)cc2)C1. The zero-order valence-corrected chi connectivity index (χ0v) is 18.1. The van der Waals surface area contributed by atoms with E-state index >= 15 is 0 Å². The molecule has 1 aromatic heterocycles. The van der Waals surface area contributed by atoms with Crippen LogP contribution in [0.5, 0.6) is 0 Å². The van der Waals surface area contributed by atoms with Gasteiger partial charge < -0.3 is 0 Å². The first-order chi connectivity index (χ1) is 15.2. The third kappa shape index (κ3) is 5.01. The lowest BCUT2D eigenvalue weighted by atomic mass is 9.93. The molecular formula is C23H22F3N3O2S. The van der Waals surface area contributed by atoms with Gasteiger partial charge >= 0.3 is 0 Å². The lowest BCUT2D eigenvalue weighted by molar-refractivity contribution is 0.0506. The largest absolute Gasteiger partial charge is 0.289 e. The lowest BCUT2D eigenvalue weighted by Crippen LogP contribution is -2.61. The van der Waals surface area contributed by atoms with Gasteiger partial charge in [0.2, 0.25) is 10.0 Å². The standard InChI is InChI=1S/C23H22F3N3O2S/c1-32(30,31)29(13-16-10-20(25)12-21(26)11-16)22-14-28(15-22)23(18-6-8-27-9-7-18)17-2-4-19(24)5-3-17/h2-12,22-23H,13-15H2,1H3. The van der Waals surface area contributed by atoms with Gasteiger partial charge in [-0.1, -0.05) is 12.1 Å². The normalized spacial score (nSPS) is 16.2. The number of hydrogen-bond donors (Lipinski definition) is 0. The number of nitrogens with zero attached hydrogens (tertiary/aromatic N) is 3. The Balaban J connectivity index is 1.57. The van der Waals surface area contributed by atoms with Crippen molar-refractivity contribution in [2.24, 2.45) is 0 Å². The number of sulfonamides is 1. The highest BCUT2D eigenvalue weighted by atomic mass is 32.2. The third-order valence-corrected chi connectivity index (χ3v) is 6.84. The second-order valence-electron chi connectivity index (χ2n) is 7.93. The molecule has 5 nitrogen and oxygen atoms in total. The maximum absolute atomic E-state index is 13.6. The number of benzene rings is 2. The first kappa shape index (κ1) is 22.4. The van der Waals surface area contributed by atoms with Gasteiger partial charge in [0, 0.05) is 38.1 Å². The highest BCUT2D eigenvalue weighted by molar-refractivity contribution is 7.88. The van der Waals surface area contributed by atoms with Crippen molar-refractivity contribution in [1.82, 2.24) is 14.2 Å². The van der Waals surface area contributed by atoms with Crippen molar-refractivity contribution < 1.29 is 21.6 Å². The van der Waals surface area contributed by atoms with Gasteiger partial charge in [-0.3, -0.25) is 9.88 Å². The van der Waals surface area contributed by atoms with Crippen LogP contribution >= 0.6 is 0 Å². The second-order valence-corrected chi connectivity index (χ2v) is 9.86. The van der Waals surface area contributed by atoms with E-state index in [1.165, 1.54) is 16.4 Å². The molecule has 0 N–H and O–H groups in total. The van der Waals surface area contributed by atoms with Crippen molar-refractivity contribution >= 4 is 10.0 Å². The minimum atomic E-state index is -3.63. The van der Waals surface area contributed by atoms with Gasteiger partial charge in [0.1, 0.15) is 17.5 Å². The quantitative estimate of drug-likeness (QED) is 0.538. The summed E-state index contributed by atoms with van der Waals surface area (Å²) >= 11 is 0. The summed E-state index contributed by atoms with van der Waals surface area (Å²) in [6, 6.07) is 12.4. The summed E-state index contributed by atoms with van der Waals surface area (Å²) in [7, 11) is -3.63. The minimum Gasteiger partial charge on any atom is -0.289 e. The Morgan fingerprint density at radius 3 is 2.06 bits per heavy atom. The van der Waals surface area contributed by atoms with Gasteiger partial charge in [0.05, 0.1) is 18.3 Å². The summed E-state index contributed by atoms with van der Waals surface area (Å²) in [5.74, 6) is -1.84. The summed E-state index contributed by atoms with van der Waals surface area (Å²) < 4.78 is 66.9. The number of rotatable bonds is 7. The van der Waals surface area contributed by atoms with Crippen LogP contribution in [0.15, 0.2) is 67.0 Å². The van der Waals surface area contributed by atoms with Crippen LogP contribution < -0.4 is 0 Å². The lowest BCUT2D eigenvalue weighted by Gasteiger charge is -2.48. The molecule has 0 bridgehead atoms. The van der Waals surface area contributed by atoms with Crippen LogP contribution in [0.25, 0.3) is 0 Å². The van der Waals surface area contributed by atoms with Crippen LogP contribution in [0.1, 0.15) is 22.7 Å². The van der Waals surface area contributed by atoms with Gasteiger partial charge in [-0.25, -0.2) is 21.6 Å². The van der Waals surface area contributed by atoms with E-state index in [4.69, 9.17) is 0 Å². The number of aromatic nitrogens is 1. The number of likely N-dealkylation sites (tertiary alicyclic amines) is 1. The van der Waals surface area contributed by atoms with Crippen LogP contribution in [0.4, 0.5) is 13.2 Å². The number of pyridine rings is 1. The summed E-state index contributed by atoms with van der Waals surface area (Å²) in [6.45, 7) is 0.701. The zero-order chi connectivity index (χ0) is 22.9. The van der Waals surface area contributed by atoms with E-state index in [2.05, 4.69) is 9.88 Å². The molecule has 32 heavy (non-hydrogen) atoms. The Labute approximate surface area is 185 Å². The average Bonchev–Trinajstić information content (AvgIpc) is 2.69. The monoisotopic (exact) mass is 461 g/mol. The van der Waals surface area contributed by atoms with Crippen molar-refractivity contribution in [2.75, 3.05) is 19.3 Å². The molecular weight excluding hydrogens is 439 g/mol. The molecule has 1 fully saturated rings. The van der Waals surface area contributed by atoms with Crippen molar-refractivity contribution in [3.63, 3.8) is 0 Å². The minimum absolute atomic E-state index is 0.123. The number of hydrogen-bond acceptors (Lipinski definition) is 4. The third-order valence-electron chi connectivity index (χ3n) is 5.56. The Morgan fingerprint density at radius 2 is 1.50 bits per heavy atom. The van der Waals surface area contributed by atoms with Crippen molar-refractivity contribution in [2.45, 2.75) is 18.6 Å². The van der Waals surface area contributed by atoms with Crippen LogP contribution in [-0.2, 0) is 16.6 Å². The fraction of sp³-hybridized carbons (Fsp3) is 0.261. The Kier molecular flexibility index (Phi) is 6.32. The summed E-state index contributed by atoms with van der Waals surface area (Å²) in [4.78, 5) is 6.13. The highest BCUT2D eigenvalue weighted by Gasteiger charge is 2.40. The summed E-state index contributed by atoms with van der Waals surface area (Å²) in [5, 5.41) is 0. The number of halogens is 3. The molecule has 0 amide bonds. The second kappa shape index (κ2) is 9.01. The van der Waals surface area contributed by atoms with Crippen LogP contribution in [0, 0.1) is 17.5 Å². The highest BCUT2D eigenvalue weighted by Crippen LogP contribution is 2.34. The molecule has 1 unspecified atom stereocenters. The molecule has 9 heteroatoms. The fourth-order valence-corrected chi connectivity index (χ4v) is 5.14. The zero-order valence-electron chi connectivity index (χ0n) is 17.3. The molecule has 2 heterocycles. The molecule has 2 aromatic carbocycles. The molecule has 3 aromatic rings. The Bertz CT molecular complexity index is 1160. The first-order valence-electron chi connectivity index (χ1n) is 10.0. The van der Waals surface area contributed by atoms with E-state index in [9.17, 15) is 21.6 Å². The molecule has 1 atom stereocenters. The van der Waals surface area contributed by atoms with Crippen LogP contribution in [0.3, 0.4) is 0 Å². The topological polar surface area (TPSA) is 53.5 Å². The van der Waals surface area contributed by atoms with Crippen molar-refractivity contribution in [1.29, 1.82) is 0 Å².